The van der Waals surface area contributed by atoms with Crippen molar-refractivity contribution in [2.24, 2.45) is 0 Å². The van der Waals surface area contributed by atoms with Crippen molar-refractivity contribution in [1.29, 1.82) is 0 Å². The van der Waals surface area contributed by atoms with E-state index < -0.39 is 0 Å². The predicted molar refractivity (Wildman–Crippen MR) is 77.9 cm³/mol. The average Bonchev–Trinajstić information content (AvgIpc) is 2.42. The second-order valence-corrected chi connectivity index (χ2v) is 4.37. The Morgan fingerprint density at radius 2 is 2.16 bits per heavy atom. The molecular formula is C14H18N4O. The molecule has 1 heterocycles. The van der Waals surface area contributed by atoms with Crippen LogP contribution in [0.15, 0.2) is 30.5 Å². The number of pyridine rings is 1. The lowest BCUT2D eigenvalue weighted by Gasteiger charge is -2.17. The number of hydrogen-bond donors (Lipinski definition) is 3. The zero-order chi connectivity index (χ0) is 13.8. The molecule has 1 aromatic heterocycles. The number of carbonyl (C=O) groups excluding carboxylic acids is 1. The molecule has 4 N–H and O–H groups in total. The summed E-state index contributed by atoms with van der Waals surface area (Å²) >= 11 is 0. The Morgan fingerprint density at radius 1 is 1.42 bits per heavy atom. The minimum Gasteiger partial charge on any atom is -0.396 e. The van der Waals surface area contributed by atoms with Gasteiger partial charge < -0.3 is 16.4 Å². The molecule has 0 fully saturated rings. The van der Waals surface area contributed by atoms with Gasteiger partial charge in [0.1, 0.15) is 6.04 Å². The first-order chi connectivity index (χ1) is 9.13. The van der Waals surface area contributed by atoms with Crippen LogP contribution in [0, 0.1) is 0 Å². The predicted octanol–water partition coefficient (Wildman–Crippen LogP) is 1.75. The summed E-state index contributed by atoms with van der Waals surface area (Å²) < 4.78 is 0. The second-order valence-electron chi connectivity index (χ2n) is 4.37. The molecule has 1 amide bonds. The van der Waals surface area contributed by atoms with Gasteiger partial charge in [0.15, 0.2) is 0 Å². The number of aromatic nitrogens is 1. The van der Waals surface area contributed by atoms with E-state index in [1.165, 1.54) is 0 Å². The van der Waals surface area contributed by atoms with E-state index in [1.54, 1.807) is 13.1 Å². The molecule has 0 saturated heterocycles. The lowest BCUT2D eigenvalue weighted by molar-refractivity contribution is -0.121. The van der Waals surface area contributed by atoms with Crippen LogP contribution in [0.25, 0.3) is 10.9 Å². The molecule has 0 radical (unpaired) electrons. The number of rotatable bonds is 4. The third kappa shape index (κ3) is 2.76. The fourth-order valence-electron chi connectivity index (χ4n) is 1.93. The zero-order valence-corrected chi connectivity index (χ0v) is 11.1. The number of amides is 1. The van der Waals surface area contributed by atoms with Crippen molar-refractivity contribution in [2.45, 2.75) is 19.9 Å². The Bertz CT molecular complexity index is 597. The maximum atomic E-state index is 11.8. The van der Waals surface area contributed by atoms with Gasteiger partial charge in [-0.1, -0.05) is 18.2 Å². The van der Waals surface area contributed by atoms with E-state index in [0.717, 1.165) is 16.6 Å². The van der Waals surface area contributed by atoms with Crippen molar-refractivity contribution in [2.75, 3.05) is 17.6 Å². The standard InChI is InChI=1S/C14H18N4O/c1-3-16-14(19)9(2)18-13-10-6-4-5-7-12(10)17-8-11(13)15/h4-9H,3,15H2,1-2H3,(H,16,19)(H,17,18). The van der Waals surface area contributed by atoms with Crippen LogP contribution in [0.4, 0.5) is 11.4 Å². The van der Waals surface area contributed by atoms with Crippen LogP contribution in [0.3, 0.4) is 0 Å². The molecule has 0 aliphatic heterocycles. The molecule has 0 bridgehead atoms. The molecule has 100 valence electrons. The quantitative estimate of drug-likeness (QED) is 0.780. The first-order valence-corrected chi connectivity index (χ1v) is 6.31. The topological polar surface area (TPSA) is 80.0 Å². The van der Waals surface area contributed by atoms with Crippen LogP contribution in [0.2, 0.25) is 0 Å². The molecule has 1 unspecified atom stereocenters. The number of carbonyl (C=O) groups is 1. The number of nitrogen functional groups attached to an aromatic ring is 1. The zero-order valence-electron chi connectivity index (χ0n) is 11.1. The molecule has 0 saturated carbocycles. The summed E-state index contributed by atoms with van der Waals surface area (Å²) in [5.74, 6) is -0.0530. The van der Waals surface area contributed by atoms with Crippen molar-refractivity contribution >= 4 is 28.2 Å². The number of benzene rings is 1. The Hall–Kier alpha value is -2.30. The summed E-state index contributed by atoms with van der Waals surface area (Å²) in [6.07, 6.45) is 1.61. The smallest absolute Gasteiger partial charge is 0.242 e. The van der Waals surface area contributed by atoms with Gasteiger partial charge in [-0.2, -0.15) is 0 Å². The van der Waals surface area contributed by atoms with Gasteiger partial charge in [0, 0.05) is 11.9 Å². The number of likely N-dealkylation sites (N-methyl/N-ethyl adjacent to an activating group) is 1. The van der Waals surface area contributed by atoms with E-state index in [9.17, 15) is 4.79 Å². The summed E-state index contributed by atoms with van der Waals surface area (Å²) in [6, 6.07) is 7.34. The molecule has 19 heavy (non-hydrogen) atoms. The number of para-hydroxylation sites is 1. The molecule has 2 aromatic rings. The van der Waals surface area contributed by atoms with E-state index in [2.05, 4.69) is 15.6 Å². The van der Waals surface area contributed by atoms with Gasteiger partial charge in [-0.3, -0.25) is 9.78 Å². The fourth-order valence-corrected chi connectivity index (χ4v) is 1.93. The average molecular weight is 258 g/mol. The van der Waals surface area contributed by atoms with Crippen LogP contribution >= 0.6 is 0 Å². The maximum absolute atomic E-state index is 11.8. The number of hydrogen-bond acceptors (Lipinski definition) is 4. The molecule has 5 heteroatoms. The fraction of sp³-hybridized carbons (Fsp3) is 0.286. The second kappa shape index (κ2) is 5.56. The van der Waals surface area contributed by atoms with Gasteiger partial charge in [-0.15, -0.1) is 0 Å². The highest BCUT2D eigenvalue weighted by molar-refractivity contribution is 5.98. The number of fused-ring (bicyclic) bond motifs is 1. The van der Waals surface area contributed by atoms with Gasteiger partial charge in [0.2, 0.25) is 5.91 Å². The molecule has 0 aliphatic rings. The van der Waals surface area contributed by atoms with Crippen LogP contribution < -0.4 is 16.4 Å². The summed E-state index contributed by atoms with van der Waals surface area (Å²) in [7, 11) is 0. The number of nitrogens with two attached hydrogens (primary N) is 1. The SMILES string of the molecule is CCNC(=O)C(C)Nc1c(N)cnc2ccccc12. The van der Waals surface area contributed by atoms with Crippen LogP contribution in [0.1, 0.15) is 13.8 Å². The molecule has 1 atom stereocenters. The third-order valence-electron chi connectivity index (χ3n) is 2.91. The van der Waals surface area contributed by atoms with Crippen LogP contribution in [-0.4, -0.2) is 23.5 Å². The van der Waals surface area contributed by atoms with Gasteiger partial charge in [-0.05, 0) is 19.9 Å². The van der Waals surface area contributed by atoms with Gasteiger partial charge >= 0.3 is 0 Å². The van der Waals surface area contributed by atoms with E-state index in [-0.39, 0.29) is 11.9 Å². The highest BCUT2D eigenvalue weighted by Crippen LogP contribution is 2.28. The van der Waals surface area contributed by atoms with Gasteiger partial charge in [0.25, 0.3) is 0 Å². The molecule has 0 aliphatic carbocycles. The van der Waals surface area contributed by atoms with Crippen LogP contribution in [0.5, 0.6) is 0 Å². The van der Waals surface area contributed by atoms with E-state index in [1.807, 2.05) is 31.2 Å². The lowest BCUT2D eigenvalue weighted by atomic mass is 10.1. The van der Waals surface area contributed by atoms with Gasteiger partial charge in [-0.25, -0.2) is 0 Å². The van der Waals surface area contributed by atoms with E-state index >= 15 is 0 Å². The first-order valence-electron chi connectivity index (χ1n) is 6.31. The number of nitrogens with one attached hydrogen (secondary N) is 2. The highest BCUT2D eigenvalue weighted by atomic mass is 16.2. The molecular weight excluding hydrogens is 240 g/mol. The maximum Gasteiger partial charge on any atom is 0.242 e. The molecule has 1 aromatic carbocycles. The van der Waals surface area contributed by atoms with Crippen LogP contribution in [-0.2, 0) is 4.79 Å². The van der Waals surface area contributed by atoms with Gasteiger partial charge in [0.05, 0.1) is 23.1 Å². The summed E-state index contributed by atoms with van der Waals surface area (Å²) in [5.41, 5.74) is 8.09. The number of nitrogens with zero attached hydrogens (tertiary/aromatic N) is 1. The Kier molecular flexibility index (Phi) is 3.85. The van der Waals surface area contributed by atoms with E-state index in [0.29, 0.717) is 12.2 Å². The first kappa shape index (κ1) is 13.1. The molecule has 5 nitrogen and oxygen atoms in total. The van der Waals surface area contributed by atoms with Crippen molar-refractivity contribution in [3.63, 3.8) is 0 Å². The van der Waals surface area contributed by atoms with E-state index in [4.69, 9.17) is 5.73 Å². The summed E-state index contributed by atoms with van der Waals surface area (Å²) in [6.45, 7) is 4.30. The Balaban J connectivity index is 2.34. The highest BCUT2D eigenvalue weighted by Gasteiger charge is 2.14. The largest absolute Gasteiger partial charge is 0.396 e. The monoisotopic (exact) mass is 258 g/mol. The van der Waals surface area contributed by atoms with Crippen molar-refractivity contribution < 1.29 is 4.79 Å². The number of anilines is 2. The lowest BCUT2D eigenvalue weighted by Crippen LogP contribution is -2.37. The minimum atomic E-state index is -0.354. The normalized spacial score (nSPS) is 12.1. The Labute approximate surface area is 112 Å². The molecule has 0 spiro atoms. The summed E-state index contributed by atoms with van der Waals surface area (Å²) in [4.78, 5) is 16.0. The van der Waals surface area contributed by atoms with Crippen molar-refractivity contribution in [1.82, 2.24) is 10.3 Å². The van der Waals surface area contributed by atoms with Crippen molar-refractivity contribution in [3.8, 4) is 0 Å². The Morgan fingerprint density at radius 3 is 2.89 bits per heavy atom. The van der Waals surface area contributed by atoms with Crippen molar-refractivity contribution in [3.05, 3.63) is 30.5 Å². The minimum absolute atomic E-state index is 0.0530. The molecule has 2 rings (SSSR count). The third-order valence-corrected chi connectivity index (χ3v) is 2.91. The summed E-state index contributed by atoms with van der Waals surface area (Å²) in [5, 5.41) is 6.85.